The molecule has 1 heterocycles. The summed E-state index contributed by atoms with van der Waals surface area (Å²) in [5.74, 6) is -0.591. The lowest BCUT2D eigenvalue weighted by Gasteiger charge is -2.33. The summed E-state index contributed by atoms with van der Waals surface area (Å²) >= 11 is 0. The molecular formula is C18H25N3O5S. The van der Waals surface area contributed by atoms with Crippen molar-refractivity contribution in [2.24, 2.45) is 0 Å². The first-order valence-corrected chi connectivity index (χ1v) is 10.3. The van der Waals surface area contributed by atoms with Gasteiger partial charge in [-0.15, -0.1) is 0 Å². The van der Waals surface area contributed by atoms with E-state index in [1.165, 1.54) is 11.8 Å². The number of nitrogens with zero attached hydrogens (tertiary/aromatic N) is 1. The first kappa shape index (κ1) is 20.8. The smallest absolute Gasteiger partial charge is 0.338 e. The van der Waals surface area contributed by atoms with Gasteiger partial charge < -0.3 is 15.0 Å². The maximum Gasteiger partial charge on any atom is 0.338 e. The molecule has 2 rings (SSSR count). The van der Waals surface area contributed by atoms with Crippen molar-refractivity contribution in [1.29, 1.82) is 0 Å². The normalized spacial score (nSPS) is 17.8. The van der Waals surface area contributed by atoms with E-state index in [0.717, 1.165) is 0 Å². The van der Waals surface area contributed by atoms with E-state index in [0.29, 0.717) is 22.5 Å². The molecule has 1 aliphatic heterocycles. The number of hydrogen-bond donors (Lipinski definition) is 2. The van der Waals surface area contributed by atoms with Crippen LogP contribution in [0.15, 0.2) is 35.5 Å². The maximum atomic E-state index is 12.6. The largest absolute Gasteiger partial charge is 0.459 e. The highest BCUT2D eigenvalue weighted by Gasteiger charge is 2.35. The Labute approximate surface area is 159 Å². The number of anilines is 1. The number of allylic oxidation sites excluding steroid dienone is 1. The van der Waals surface area contributed by atoms with Crippen LogP contribution in [0.1, 0.15) is 39.3 Å². The van der Waals surface area contributed by atoms with Crippen molar-refractivity contribution in [3.05, 3.63) is 41.1 Å². The van der Waals surface area contributed by atoms with Gasteiger partial charge in [0.15, 0.2) is 0 Å². The quantitative estimate of drug-likeness (QED) is 0.720. The molecule has 1 aromatic rings. The highest BCUT2D eigenvalue weighted by molar-refractivity contribution is 7.92. The third-order valence-corrected chi connectivity index (χ3v) is 5.50. The molecule has 27 heavy (non-hydrogen) atoms. The fraction of sp³-hybridized carbons (Fsp3) is 0.444. The number of hydrogen-bond acceptors (Lipinski definition) is 5. The minimum absolute atomic E-state index is 0.0623. The summed E-state index contributed by atoms with van der Waals surface area (Å²) in [6.45, 7) is 6.70. The first-order chi connectivity index (χ1) is 12.6. The van der Waals surface area contributed by atoms with E-state index in [4.69, 9.17) is 4.74 Å². The third-order valence-electron chi connectivity index (χ3n) is 4.19. The van der Waals surface area contributed by atoms with Crippen molar-refractivity contribution in [3.8, 4) is 0 Å². The first-order valence-electron chi connectivity index (χ1n) is 8.62. The zero-order chi connectivity index (χ0) is 20.4. The summed E-state index contributed by atoms with van der Waals surface area (Å²) < 4.78 is 31.5. The molecule has 1 unspecified atom stereocenters. The van der Waals surface area contributed by atoms with Gasteiger partial charge in [-0.3, -0.25) is 4.72 Å². The number of benzene rings is 1. The lowest BCUT2D eigenvalue weighted by atomic mass is 9.94. The fourth-order valence-corrected chi connectivity index (χ4v) is 3.29. The monoisotopic (exact) mass is 395 g/mol. The number of carbonyl (C=O) groups is 2. The zero-order valence-corrected chi connectivity index (χ0v) is 16.9. The maximum absolute atomic E-state index is 12.6. The number of ether oxygens (including phenoxy) is 1. The van der Waals surface area contributed by atoms with Crippen LogP contribution in [0.5, 0.6) is 0 Å². The Morgan fingerprint density at radius 3 is 2.63 bits per heavy atom. The molecule has 0 spiro atoms. The van der Waals surface area contributed by atoms with Crippen molar-refractivity contribution in [3.63, 3.8) is 0 Å². The van der Waals surface area contributed by atoms with Gasteiger partial charge in [0.2, 0.25) is 10.0 Å². The van der Waals surface area contributed by atoms with E-state index in [-0.39, 0.29) is 17.9 Å². The summed E-state index contributed by atoms with van der Waals surface area (Å²) in [5, 5.41) is 2.77. The Morgan fingerprint density at radius 2 is 2.04 bits per heavy atom. The predicted molar refractivity (Wildman–Crippen MR) is 102 cm³/mol. The van der Waals surface area contributed by atoms with E-state index in [1.54, 1.807) is 52.1 Å². The van der Waals surface area contributed by atoms with E-state index >= 15 is 0 Å². The van der Waals surface area contributed by atoms with Gasteiger partial charge in [0.25, 0.3) is 0 Å². The van der Waals surface area contributed by atoms with Gasteiger partial charge in [-0.05, 0) is 45.4 Å². The summed E-state index contributed by atoms with van der Waals surface area (Å²) in [6.07, 6.45) is -0.316. The number of carbonyl (C=O) groups excluding carboxylic acids is 2. The van der Waals surface area contributed by atoms with Gasteiger partial charge in [0, 0.05) is 18.4 Å². The molecule has 2 amide bonds. The van der Waals surface area contributed by atoms with Crippen LogP contribution in [0.25, 0.3) is 0 Å². The Bertz CT molecular complexity index is 877. The molecule has 0 aromatic heterocycles. The lowest BCUT2D eigenvalue weighted by Crippen LogP contribution is -2.46. The Hall–Kier alpha value is -2.55. The van der Waals surface area contributed by atoms with Crippen LogP contribution in [0.3, 0.4) is 0 Å². The van der Waals surface area contributed by atoms with Crippen LogP contribution in [-0.4, -0.2) is 44.2 Å². The highest BCUT2D eigenvalue weighted by atomic mass is 32.2. The molecule has 148 valence electrons. The highest BCUT2D eigenvalue weighted by Crippen LogP contribution is 2.32. The molecule has 1 aromatic carbocycles. The second-order valence-electron chi connectivity index (χ2n) is 6.53. The van der Waals surface area contributed by atoms with Crippen molar-refractivity contribution in [1.82, 2.24) is 10.2 Å². The molecule has 9 heteroatoms. The van der Waals surface area contributed by atoms with Crippen molar-refractivity contribution in [2.45, 2.75) is 39.8 Å². The predicted octanol–water partition coefficient (Wildman–Crippen LogP) is 2.37. The number of esters is 1. The van der Waals surface area contributed by atoms with Gasteiger partial charge >= 0.3 is 12.0 Å². The van der Waals surface area contributed by atoms with Gasteiger partial charge in [-0.25, -0.2) is 18.0 Å². The number of sulfonamides is 1. The number of nitrogens with one attached hydrogen (secondary N) is 2. The molecule has 0 saturated carbocycles. The molecular weight excluding hydrogens is 370 g/mol. The average molecular weight is 395 g/mol. The minimum atomic E-state index is -3.45. The summed E-state index contributed by atoms with van der Waals surface area (Å²) in [6, 6.07) is 5.48. The molecule has 0 saturated heterocycles. The van der Waals surface area contributed by atoms with Crippen LogP contribution in [-0.2, 0) is 19.6 Å². The molecule has 1 atom stereocenters. The van der Waals surface area contributed by atoms with Gasteiger partial charge in [-0.2, -0.15) is 0 Å². The van der Waals surface area contributed by atoms with Crippen LogP contribution >= 0.6 is 0 Å². The zero-order valence-electron chi connectivity index (χ0n) is 16.1. The van der Waals surface area contributed by atoms with E-state index in [9.17, 15) is 18.0 Å². The van der Waals surface area contributed by atoms with E-state index in [2.05, 4.69) is 10.0 Å². The van der Waals surface area contributed by atoms with Crippen LogP contribution in [0.2, 0.25) is 0 Å². The molecule has 8 nitrogen and oxygen atoms in total. The van der Waals surface area contributed by atoms with Gasteiger partial charge in [0.1, 0.15) is 0 Å². The summed E-state index contributed by atoms with van der Waals surface area (Å²) in [7, 11) is -1.88. The molecule has 0 aliphatic carbocycles. The van der Waals surface area contributed by atoms with Crippen molar-refractivity contribution < 1.29 is 22.7 Å². The van der Waals surface area contributed by atoms with Gasteiger partial charge in [-0.1, -0.05) is 12.1 Å². The van der Waals surface area contributed by atoms with Crippen LogP contribution < -0.4 is 10.0 Å². The fourth-order valence-electron chi connectivity index (χ4n) is 2.66. The number of urea groups is 1. The Balaban J connectivity index is 2.48. The summed E-state index contributed by atoms with van der Waals surface area (Å²) in [4.78, 5) is 26.2. The van der Waals surface area contributed by atoms with Crippen LogP contribution in [0, 0.1) is 0 Å². The molecule has 0 radical (unpaired) electrons. The SMILES string of the molecule is CCS(=O)(=O)Nc1cccc(C2NC(=O)N(C)C(C)=C2C(=O)OC(C)C)c1. The minimum Gasteiger partial charge on any atom is -0.459 e. The number of rotatable bonds is 6. The van der Waals surface area contributed by atoms with Crippen molar-refractivity contribution in [2.75, 3.05) is 17.5 Å². The van der Waals surface area contributed by atoms with Crippen LogP contribution in [0.4, 0.5) is 10.5 Å². The molecule has 0 bridgehead atoms. The molecule has 0 fully saturated rings. The summed E-state index contributed by atoms with van der Waals surface area (Å²) in [5.41, 5.74) is 1.72. The topological polar surface area (TPSA) is 105 Å². The second kappa shape index (κ2) is 7.99. The van der Waals surface area contributed by atoms with E-state index in [1.807, 2.05) is 0 Å². The van der Waals surface area contributed by atoms with Gasteiger partial charge in [0.05, 0.1) is 23.5 Å². The lowest BCUT2D eigenvalue weighted by molar-refractivity contribution is -0.143. The molecule has 1 aliphatic rings. The number of amides is 2. The molecule has 2 N–H and O–H groups in total. The second-order valence-corrected chi connectivity index (χ2v) is 8.54. The third kappa shape index (κ3) is 4.79. The van der Waals surface area contributed by atoms with Crippen molar-refractivity contribution >= 4 is 27.7 Å². The average Bonchev–Trinajstić information content (AvgIpc) is 2.58. The van der Waals surface area contributed by atoms with E-state index < -0.39 is 22.0 Å². The Morgan fingerprint density at radius 1 is 1.37 bits per heavy atom. The standard InChI is InChI=1S/C18H25N3O5S/c1-6-27(24,25)20-14-9-7-8-13(10-14)16-15(17(22)26-11(2)3)12(4)21(5)18(23)19-16/h7-11,16,20H,6H2,1-5H3,(H,19,23). The Kier molecular flexibility index (Phi) is 6.15.